The van der Waals surface area contributed by atoms with Crippen LogP contribution in [-0.2, 0) is 0 Å². The van der Waals surface area contributed by atoms with E-state index in [4.69, 9.17) is 0 Å². The number of hydrogen-bond acceptors (Lipinski definition) is 3. The molecule has 1 aromatic heterocycles. The van der Waals surface area contributed by atoms with Crippen molar-refractivity contribution >= 4 is 17.3 Å². The molecule has 0 radical (unpaired) electrons. The Kier molecular flexibility index (Phi) is 3.50. The number of anilines is 2. The second kappa shape index (κ2) is 5.81. The van der Waals surface area contributed by atoms with E-state index < -0.39 is 0 Å². The van der Waals surface area contributed by atoms with Crippen molar-refractivity contribution in [2.75, 3.05) is 10.2 Å². The van der Waals surface area contributed by atoms with Crippen LogP contribution in [0, 0.1) is 6.92 Å². The van der Waals surface area contributed by atoms with Crippen LogP contribution in [-0.4, -0.2) is 10.9 Å². The van der Waals surface area contributed by atoms with Crippen LogP contribution in [0.2, 0.25) is 0 Å². The molecule has 24 heavy (non-hydrogen) atoms. The highest BCUT2D eigenvalue weighted by molar-refractivity contribution is 6.12. The van der Waals surface area contributed by atoms with E-state index in [-0.39, 0.29) is 12.1 Å². The van der Waals surface area contributed by atoms with Crippen molar-refractivity contribution in [1.82, 2.24) is 4.98 Å². The van der Waals surface area contributed by atoms with Crippen LogP contribution < -0.4 is 10.2 Å². The summed E-state index contributed by atoms with van der Waals surface area (Å²) in [7, 11) is 0. The number of amides is 1. The fraction of sp³-hybridized carbons (Fsp3) is 0.100. The van der Waals surface area contributed by atoms with Crippen molar-refractivity contribution < 1.29 is 4.79 Å². The van der Waals surface area contributed by atoms with Crippen LogP contribution >= 0.6 is 0 Å². The number of carbonyl (C=O) groups is 1. The molecule has 0 aliphatic carbocycles. The SMILES string of the molecule is Cc1ccccc1N1C(=O)c2ccccc2N[C@@H]1c1ccncc1. The molecule has 2 heterocycles. The van der Waals surface area contributed by atoms with Crippen LogP contribution in [0.15, 0.2) is 73.1 Å². The molecule has 0 saturated carbocycles. The number of rotatable bonds is 2. The molecule has 118 valence electrons. The van der Waals surface area contributed by atoms with Gasteiger partial charge in [-0.05, 0) is 48.4 Å². The van der Waals surface area contributed by atoms with Gasteiger partial charge in [-0.2, -0.15) is 0 Å². The zero-order chi connectivity index (χ0) is 16.5. The summed E-state index contributed by atoms with van der Waals surface area (Å²) in [5, 5.41) is 3.50. The molecule has 4 rings (SSSR count). The molecule has 4 heteroatoms. The smallest absolute Gasteiger partial charge is 0.262 e. The molecular weight excluding hydrogens is 298 g/mol. The number of nitrogens with one attached hydrogen (secondary N) is 1. The van der Waals surface area contributed by atoms with Gasteiger partial charge in [-0.3, -0.25) is 14.7 Å². The fourth-order valence-corrected chi connectivity index (χ4v) is 3.11. The Hall–Kier alpha value is -3.14. The van der Waals surface area contributed by atoms with Crippen LogP contribution in [0.5, 0.6) is 0 Å². The lowest BCUT2D eigenvalue weighted by molar-refractivity contribution is 0.0974. The maximum Gasteiger partial charge on any atom is 0.262 e. The molecule has 4 nitrogen and oxygen atoms in total. The first-order chi connectivity index (χ1) is 11.8. The maximum absolute atomic E-state index is 13.2. The minimum atomic E-state index is -0.267. The Morgan fingerprint density at radius 3 is 2.46 bits per heavy atom. The zero-order valence-electron chi connectivity index (χ0n) is 13.3. The zero-order valence-corrected chi connectivity index (χ0v) is 13.3. The van der Waals surface area contributed by atoms with Gasteiger partial charge in [-0.1, -0.05) is 30.3 Å². The molecule has 1 N–H and O–H groups in total. The largest absolute Gasteiger partial charge is 0.360 e. The van der Waals surface area contributed by atoms with Crippen molar-refractivity contribution in [2.45, 2.75) is 13.1 Å². The molecule has 1 aliphatic rings. The molecule has 0 fully saturated rings. The Morgan fingerprint density at radius 1 is 0.958 bits per heavy atom. The summed E-state index contributed by atoms with van der Waals surface area (Å²) >= 11 is 0. The van der Waals surface area contributed by atoms with Gasteiger partial charge in [-0.25, -0.2) is 0 Å². The third kappa shape index (κ3) is 2.33. The first kappa shape index (κ1) is 14.5. The van der Waals surface area contributed by atoms with Gasteiger partial charge in [0.2, 0.25) is 0 Å². The number of hydrogen-bond donors (Lipinski definition) is 1. The normalized spacial score (nSPS) is 16.5. The first-order valence-electron chi connectivity index (χ1n) is 7.90. The average Bonchev–Trinajstić information content (AvgIpc) is 2.63. The molecule has 3 aromatic rings. The number of carbonyl (C=O) groups excluding carboxylic acids is 1. The van der Waals surface area contributed by atoms with E-state index in [1.807, 2.05) is 72.5 Å². The summed E-state index contributed by atoms with van der Waals surface area (Å²) in [6.07, 6.45) is 3.23. The first-order valence-corrected chi connectivity index (χ1v) is 7.90. The Bertz CT molecular complexity index is 892. The van der Waals surface area contributed by atoms with E-state index in [1.54, 1.807) is 12.4 Å². The van der Waals surface area contributed by atoms with Crippen LogP contribution in [0.25, 0.3) is 0 Å². The number of benzene rings is 2. The molecule has 1 aliphatic heterocycles. The van der Waals surface area contributed by atoms with E-state index in [9.17, 15) is 4.79 Å². The van der Waals surface area contributed by atoms with Gasteiger partial charge in [0, 0.05) is 23.8 Å². The maximum atomic E-state index is 13.2. The van der Waals surface area contributed by atoms with Crippen molar-refractivity contribution in [1.29, 1.82) is 0 Å². The van der Waals surface area contributed by atoms with Crippen LogP contribution in [0.1, 0.15) is 27.7 Å². The summed E-state index contributed by atoms with van der Waals surface area (Å²) in [4.78, 5) is 19.1. The van der Waals surface area contributed by atoms with Crippen molar-refractivity contribution in [3.05, 3.63) is 89.7 Å². The summed E-state index contributed by atoms with van der Waals surface area (Å²) < 4.78 is 0. The molecule has 0 bridgehead atoms. The number of pyridine rings is 1. The highest BCUT2D eigenvalue weighted by atomic mass is 16.2. The Balaban J connectivity index is 1.90. The van der Waals surface area contributed by atoms with E-state index >= 15 is 0 Å². The van der Waals surface area contributed by atoms with Gasteiger partial charge in [0.15, 0.2) is 0 Å². The standard InChI is InChI=1S/C20H17N3O/c1-14-6-2-5-9-18(14)23-19(15-10-12-21-13-11-15)22-17-8-4-3-7-16(17)20(23)24/h2-13,19,22H,1H3/t19-/m0/s1. The lowest BCUT2D eigenvalue weighted by Gasteiger charge is -2.38. The average molecular weight is 315 g/mol. The van der Waals surface area contributed by atoms with Gasteiger partial charge >= 0.3 is 0 Å². The Labute approximate surface area is 140 Å². The molecule has 0 unspecified atom stereocenters. The monoisotopic (exact) mass is 315 g/mol. The molecular formula is C20H17N3O. The summed E-state index contributed by atoms with van der Waals surface area (Å²) in [5.41, 5.74) is 4.51. The fourth-order valence-electron chi connectivity index (χ4n) is 3.11. The third-order valence-electron chi connectivity index (χ3n) is 4.32. The minimum Gasteiger partial charge on any atom is -0.360 e. The highest BCUT2D eigenvalue weighted by Crippen LogP contribution is 2.37. The van der Waals surface area contributed by atoms with Gasteiger partial charge in [-0.15, -0.1) is 0 Å². The van der Waals surface area contributed by atoms with E-state index in [1.165, 1.54) is 0 Å². The molecule has 0 saturated heterocycles. The molecule has 1 amide bonds. The molecule has 2 aromatic carbocycles. The second-order valence-corrected chi connectivity index (χ2v) is 5.83. The minimum absolute atomic E-state index is 0.000428. The van der Waals surface area contributed by atoms with E-state index in [2.05, 4.69) is 10.3 Å². The predicted octanol–water partition coefficient (Wildman–Crippen LogP) is 4.16. The number of aromatic nitrogens is 1. The summed E-state index contributed by atoms with van der Waals surface area (Å²) in [6, 6.07) is 19.4. The number of aryl methyl sites for hydroxylation is 1. The summed E-state index contributed by atoms with van der Waals surface area (Å²) in [6.45, 7) is 2.02. The highest BCUT2D eigenvalue weighted by Gasteiger charge is 2.34. The van der Waals surface area contributed by atoms with Crippen LogP contribution in [0.4, 0.5) is 11.4 Å². The summed E-state index contributed by atoms with van der Waals surface area (Å²) in [5.74, 6) is 0.000428. The topological polar surface area (TPSA) is 45.2 Å². The van der Waals surface area contributed by atoms with Crippen LogP contribution in [0.3, 0.4) is 0 Å². The second-order valence-electron chi connectivity index (χ2n) is 5.83. The lowest BCUT2D eigenvalue weighted by atomic mass is 10.0. The lowest BCUT2D eigenvalue weighted by Crippen LogP contribution is -2.43. The van der Waals surface area contributed by atoms with Gasteiger partial charge in [0.05, 0.1) is 5.56 Å². The van der Waals surface area contributed by atoms with E-state index in [0.29, 0.717) is 5.56 Å². The molecule has 0 spiro atoms. The van der Waals surface area contributed by atoms with Crippen molar-refractivity contribution in [3.63, 3.8) is 0 Å². The number of para-hydroxylation sites is 2. The molecule has 1 atom stereocenters. The van der Waals surface area contributed by atoms with Gasteiger partial charge < -0.3 is 5.32 Å². The van der Waals surface area contributed by atoms with Crippen molar-refractivity contribution in [3.8, 4) is 0 Å². The number of fused-ring (bicyclic) bond motifs is 1. The third-order valence-corrected chi connectivity index (χ3v) is 4.32. The quantitative estimate of drug-likeness (QED) is 0.772. The predicted molar refractivity (Wildman–Crippen MR) is 95.0 cm³/mol. The van der Waals surface area contributed by atoms with E-state index in [0.717, 1.165) is 22.5 Å². The van der Waals surface area contributed by atoms with Gasteiger partial charge in [0.25, 0.3) is 5.91 Å². The Morgan fingerprint density at radius 2 is 1.67 bits per heavy atom. The van der Waals surface area contributed by atoms with Crippen molar-refractivity contribution in [2.24, 2.45) is 0 Å². The van der Waals surface area contributed by atoms with Gasteiger partial charge in [0.1, 0.15) is 6.17 Å². The number of nitrogens with zero attached hydrogens (tertiary/aromatic N) is 2.